The zero-order valence-corrected chi connectivity index (χ0v) is 4.09. The van der Waals surface area contributed by atoms with Crippen molar-refractivity contribution in [1.82, 2.24) is 0 Å². The van der Waals surface area contributed by atoms with Crippen LogP contribution in [0.25, 0.3) is 0 Å². The Hall–Kier alpha value is 0.250. The number of hydrogen-bond acceptors (Lipinski definition) is 1. The van der Waals surface area contributed by atoms with Crippen LogP contribution in [0.3, 0.4) is 0 Å². The minimum Gasteiger partial charge on any atom is -0.328 e. The lowest BCUT2D eigenvalue weighted by molar-refractivity contribution is 0.923. The Balaban J connectivity index is 0. The first-order valence-corrected chi connectivity index (χ1v) is 1.32. The monoisotopic (exact) mass is 94.0 g/mol. The molecule has 0 saturated heterocycles. The van der Waals surface area contributed by atoms with Gasteiger partial charge in [0.25, 0.3) is 0 Å². The van der Waals surface area contributed by atoms with Gasteiger partial charge in [-0.05, 0) is 13.8 Å². The molecular weight excluding hydrogens is 85.5 g/mol. The van der Waals surface area contributed by atoms with Gasteiger partial charge in [-0.15, -0.1) is 12.4 Å². The number of hydrogen-bond donors (Lipinski definition) is 1. The maximum absolute atomic E-state index is 5.00. The maximum atomic E-state index is 5.00. The van der Waals surface area contributed by atoms with Crippen LogP contribution in [-0.2, 0) is 0 Å². The van der Waals surface area contributed by atoms with Crippen molar-refractivity contribution in [2.75, 3.05) is 0 Å². The summed E-state index contributed by atoms with van der Waals surface area (Å²) in [5.74, 6) is 0. The fourth-order valence-electron chi connectivity index (χ4n) is 0. The second kappa shape index (κ2) is 4.25. The van der Waals surface area contributed by atoms with Crippen molar-refractivity contribution < 1.29 is 0 Å². The van der Waals surface area contributed by atoms with E-state index in [1.165, 1.54) is 0 Å². The summed E-state index contributed by atoms with van der Waals surface area (Å²) in [6.07, 6.45) is 0. The third kappa shape index (κ3) is 344. The molecule has 0 heterocycles. The van der Waals surface area contributed by atoms with E-state index >= 15 is 0 Å². The second-order valence-electron chi connectivity index (χ2n) is 0.977. The predicted molar refractivity (Wildman–Crippen MR) is 26.3 cm³/mol. The Labute approximate surface area is 39.0 Å². The van der Waals surface area contributed by atoms with Crippen LogP contribution in [0.4, 0.5) is 0 Å². The second-order valence-corrected chi connectivity index (χ2v) is 0.977. The summed E-state index contributed by atoms with van der Waals surface area (Å²) in [4.78, 5) is 0. The zero-order chi connectivity index (χ0) is 3.58. The van der Waals surface area contributed by atoms with Crippen LogP contribution in [0.1, 0.15) is 6.92 Å². The van der Waals surface area contributed by atoms with Gasteiger partial charge in [0.15, 0.2) is 0 Å². The number of rotatable bonds is 0. The summed E-state index contributed by atoms with van der Waals surface area (Å²) < 4.78 is 0. The molecule has 0 fully saturated rings. The number of nitrogens with two attached hydrogens (primary N) is 1. The predicted octanol–water partition coefficient (Wildman–Crippen LogP) is 0.589. The molecule has 2 heteroatoms. The van der Waals surface area contributed by atoms with Gasteiger partial charge < -0.3 is 5.73 Å². The van der Waals surface area contributed by atoms with Crippen molar-refractivity contribution in [3.63, 3.8) is 0 Å². The van der Waals surface area contributed by atoms with E-state index in [0.29, 0.717) is 0 Å². The Kier molecular flexibility index (Phi) is 7.63. The molecule has 33 valence electrons. The highest BCUT2D eigenvalue weighted by Gasteiger charge is 1.67. The van der Waals surface area contributed by atoms with Crippen LogP contribution < -0.4 is 5.73 Å². The molecule has 0 aliphatic heterocycles. The summed E-state index contributed by atoms with van der Waals surface area (Å²) in [5.41, 5.74) is 5.00. The standard InChI is InChI=1S/C3H8N.ClH/c1-3(2)4;/h3H,1,4H2,2H3;1H. The molecule has 1 unspecified atom stereocenters. The Bertz CT molecular complexity index is 11.6. The smallest absolute Gasteiger partial charge is 0.00110 e. The molecule has 0 rings (SSSR count). The molecule has 0 spiro atoms. The molecule has 1 atom stereocenters. The van der Waals surface area contributed by atoms with Gasteiger partial charge in [0.1, 0.15) is 0 Å². The summed E-state index contributed by atoms with van der Waals surface area (Å²) in [6, 6.07) is 0.0833. The van der Waals surface area contributed by atoms with E-state index in [-0.39, 0.29) is 18.4 Å². The average Bonchev–Trinajstić information content (AvgIpc) is 0.811. The molecule has 0 amide bonds. The molecule has 1 nitrogen and oxygen atoms in total. The Morgan fingerprint density at radius 1 is 1.80 bits per heavy atom. The van der Waals surface area contributed by atoms with Crippen molar-refractivity contribution in [1.29, 1.82) is 0 Å². The molecule has 0 aromatic heterocycles. The molecule has 0 saturated carbocycles. The van der Waals surface area contributed by atoms with Crippen LogP contribution in [0.15, 0.2) is 0 Å². The minimum atomic E-state index is 0. The van der Waals surface area contributed by atoms with Crippen LogP contribution in [0.5, 0.6) is 0 Å². The molecule has 2 N–H and O–H groups in total. The summed E-state index contributed by atoms with van der Waals surface area (Å²) >= 11 is 0. The van der Waals surface area contributed by atoms with Crippen molar-refractivity contribution >= 4 is 12.4 Å². The molecule has 0 aliphatic carbocycles. The highest BCUT2D eigenvalue weighted by atomic mass is 35.5. The largest absolute Gasteiger partial charge is 0.328 e. The first kappa shape index (κ1) is 8.98. The molecule has 1 radical (unpaired) electrons. The highest BCUT2D eigenvalue weighted by Crippen LogP contribution is 1.56. The van der Waals surface area contributed by atoms with Gasteiger partial charge in [0, 0.05) is 6.04 Å². The Morgan fingerprint density at radius 3 is 1.80 bits per heavy atom. The van der Waals surface area contributed by atoms with Crippen LogP contribution in [-0.4, -0.2) is 6.04 Å². The van der Waals surface area contributed by atoms with Gasteiger partial charge >= 0.3 is 0 Å². The summed E-state index contributed by atoms with van der Waals surface area (Å²) in [7, 11) is 0. The first-order valence-electron chi connectivity index (χ1n) is 1.32. The lowest BCUT2D eigenvalue weighted by Gasteiger charge is -1.81. The van der Waals surface area contributed by atoms with Crippen molar-refractivity contribution in [3.05, 3.63) is 6.92 Å². The average molecular weight is 94.6 g/mol. The quantitative estimate of drug-likeness (QED) is 0.467. The van der Waals surface area contributed by atoms with Crippen LogP contribution >= 0.6 is 12.4 Å². The fourth-order valence-corrected chi connectivity index (χ4v) is 0. The van der Waals surface area contributed by atoms with Crippen molar-refractivity contribution in [3.8, 4) is 0 Å². The Morgan fingerprint density at radius 2 is 1.80 bits per heavy atom. The first-order chi connectivity index (χ1) is 1.73. The van der Waals surface area contributed by atoms with E-state index in [1.54, 1.807) is 0 Å². The van der Waals surface area contributed by atoms with Gasteiger partial charge in [-0.25, -0.2) is 0 Å². The van der Waals surface area contributed by atoms with Crippen LogP contribution in [0.2, 0.25) is 0 Å². The molecule has 0 aromatic carbocycles. The maximum Gasteiger partial charge on any atom is 0.00110 e. The summed E-state index contributed by atoms with van der Waals surface area (Å²) in [5, 5.41) is 0. The van der Waals surface area contributed by atoms with Gasteiger partial charge in [-0.2, -0.15) is 0 Å². The van der Waals surface area contributed by atoms with E-state index in [4.69, 9.17) is 5.73 Å². The summed E-state index contributed by atoms with van der Waals surface area (Å²) in [6.45, 7) is 5.25. The van der Waals surface area contributed by atoms with Gasteiger partial charge in [0.2, 0.25) is 0 Å². The van der Waals surface area contributed by atoms with E-state index < -0.39 is 0 Å². The van der Waals surface area contributed by atoms with Gasteiger partial charge in [-0.1, -0.05) is 0 Å². The molecule has 0 aliphatic rings. The van der Waals surface area contributed by atoms with Crippen molar-refractivity contribution in [2.24, 2.45) is 5.73 Å². The fraction of sp³-hybridized carbons (Fsp3) is 0.667. The molecule has 0 aromatic rings. The SMILES string of the molecule is Cl.[CH2]C(C)N. The van der Waals surface area contributed by atoms with Gasteiger partial charge in [0.05, 0.1) is 0 Å². The normalized spacial score (nSPS) is 7.20. The van der Waals surface area contributed by atoms with Crippen molar-refractivity contribution in [2.45, 2.75) is 13.0 Å². The van der Waals surface area contributed by atoms with E-state index in [9.17, 15) is 0 Å². The van der Waals surface area contributed by atoms with Crippen LogP contribution in [0, 0.1) is 6.92 Å². The minimum absolute atomic E-state index is 0. The zero-order valence-electron chi connectivity index (χ0n) is 3.27. The van der Waals surface area contributed by atoms with E-state index in [2.05, 4.69) is 6.92 Å². The highest BCUT2D eigenvalue weighted by molar-refractivity contribution is 5.85. The molecular formula is C3H9ClN. The third-order valence-electron chi connectivity index (χ3n) is 0. The van der Waals surface area contributed by atoms with E-state index in [0.717, 1.165) is 0 Å². The lowest BCUT2D eigenvalue weighted by Crippen LogP contribution is -2.07. The number of halogens is 1. The third-order valence-corrected chi connectivity index (χ3v) is 0. The van der Waals surface area contributed by atoms with Gasteiger partial charge in [-0.3, -0.25) is 0 Å². The molecule has 5 heavy (non-hydrogen) atoms. The topological polar surface area (TPSA) is 26.0 Å². The van der Waals surface area contributed by atoms with E-state index in [1.807, 2.05) is 6.92 Å². The lowest BCUT2D eigenvalue weighted by atomic mass is 10.5. The molecule has 0 bridgehead atoms.